The molecule has 6 nitrogen and oxygen atoms in total. The Labute approximate surface area is 184 Å². The molecule has 0 aliphatic carbocycles. The van der Waals surface area contributed by atoms with Crippen molar-refractivity contribution in [1.82, 2.24) is 4.90 Å². The highest BCUT2D eigenvalue weighted by molar-refractivity contribution is 6.34. The number of aryl methyl sites for hydroxylation is 1. The molecule has 4 rings (SSSR count). The van der Waals surface area contributed by atoms with Gasteiger partial charge < -0.3 is 4.74 Å². The van der Waals surface area contributed by atoms with Gasteiger partial charge in [-0.05, 0) is 48.9 Å². The van der Waals surface area contributed by atoms with E-state index in [4.69, 9.17) is 16.3 Å². The highest BCUT2D eigenvalue weighted by Gasteiger charge is 2.38. The van der Waals surface area contributed by atoms with Crippen LogP contribution in [0.25, 0.3) is 0 Å². The third kappa shape index (κ3) is 3.66. The Kier molecular flexibility index (Phi) is 5.48. The number of nitrogens with zero attached hydrogens (tertiary/aromatic N) is 2. The molecule has 7 heteroatoms. The highest BCUT2D eigenvalue weighted by Crippen LogP contribution is 2.33. The summed E-state index contributed by atoms with van der Waals surface area (Å²) in [7, 11) is 1.50. The minimum absolute atomic E-state index is 0.253. The number of amides is 3. The molecule has 0 saturated carbocycles. The van der Waals surface area contributed by atoms with Crippen molar-refractivity contribution in [2.45, 2.75) is 6.92 Å². The molecule has 31 heavy (non-hydrogen) atoms. The molecule has 0 spiro atoms. The van der Waals surface area contributed by atoms with Gasteiger partial charge in [0.25, 0.3) is 17.7 Å². The summed E-state index contributed by atoms with van der Waals surface area (Å²) in [5, 5.41) is 0.269. The predicted molar refractivity (Wildman–Crippen MR) is 118 cm³/mol. The second-order valence-electron chi connectivity index (χ2n) is 7.11. The zero-order valence-electron chi connectivity index (χ0n) is 17.0. The van der Waals surface area contributed by atoms with Crippen molar-refractivity contribution in [3.05, 3.63) is 94.0 Å². The van der Waals surface area contributed by atoms with Gasteiger partial charge in [-0.3, -0.25) is 24.2 Å². The lowest BCUT2D eigenvalue weighted by Gasteiger charge is -2.28. The number of methoxy groups -OCH3 is 1. The van der Waals surface area contributed by atoms with Crippen LogP contribution in [0.2, 0.25) is 5.02 Å². The summed E-state index contributed by atoms with van der Waals surface area (Å²) >= 11 is 6.27. The van der Waals surface area contributed by atoms with E-state index in [-0.39, 0.29) is 17.3 Å². The Morgan fingerprint density at radius 1 is 0.968 bits per heavy atom. The Hall–Kier alpha value is -3.64. The van der Waals surface area contributed by atoms with Crippen LogP contribution in [-0.2, 0) is 0 Å². The molecule has 1 heterocycles. The van der Waals surface area contributed by atoms with Crippen molar-refractivity contribution in [3.8, 4) is 5.75 Å². The molecule has 156 valence electrons. The first-order valence-corrected chi connectivity index (χ1v) is 9.96. The standard InChI is InChI=1S/C24H19ClN2O4/c1-15-11-12-20(21(13-15)31-2)26(24(30)18-9-5-6-10-19(18)25)14-27-22(28)16-7-3-4-8-17(16)23(27)29/h3-13H,14H2,1-2H3. The van der Waals surface area contributed by atoms with Gasteiger partial charge in [0.05, 0.1) is 34.5 Å². The number of anilines is 1. The molecule has 0 radical (unpaired) electrons. The quantitative estimate of drug-likeness (QED) is 0.552. The third-order valence-electron chi connectivity index (χ3n) is 5.14. The second-order valence-corrected chi connectivity index (χ2v) is 7.52. The van der Waals surface area contributed by atoms with Gasteiger partial charge in [0.15, 0.2) is 0 Å². The van der Waals surface area contributed by atoms with Gasteiger partial charge in [0, 0.05) is 0 Å². The van der Waals surface area contributed by atoms with Crippen LogP contribution in [0.3, 0.4) is 0 Å². The van der Waals surface area contributed by atoms with Gasteiger partial charge in [-0.1, -0.05) is 41.9 Å². The zero-order valence-corrected chi connectivity index (χ0v) is 17.7. The molecule has 3 aromatic rings. The average Bonchev–Trinajstić information content (AvgIpc) is 3.02. The number of halogens is 1. The van der Waals surface area contributed by atoms with E-state index in [0.717, 1.165) is 10.5 Å². The van der Waals surface area contributed by atoms with E-state index in [2.05, 4.69) is 0 Å². The minimum atomic E-state index is -0.455. The van der Waals surface area contributed by atoms with Crippen LogP contribution in [-0.4, -0.2) is 36.4 Å². The summed E-state index contributed by atoms with van der Waals surface area (Å²) in [5.41, 5.74) is 2.24. The molecule has 0 bridgehead atoms. The number of benzene rings is 3. The van der Waals surface area contributed by atoms with Crippen LogP contribution in [0.15, 0.2) is 66.7 Å². The van der Waals surface area contributed by atoms with Crippen LogP contribution < -0.4 is 9.64 Å². The van der Waals surface area contributed by atoms with Crippen LogP contribution in [0.1, 0.15) is 36.6 Å². The Morgan fingerprint density at radius 3 is 2.19 bits per heavy atom. The fraction of sp³-hybridized carbons (Fsp3) is 0.125. The Bertz CT molecular complexity index is 1170. The summed E-state index contributed by atoms with van der Waals surface area (Å²) in [6.07, 6.45) is 0. The van der Waals surface area contributed by atoms with Crippen molar-refractivity contribution in [1.29, 1.82) is 0 Å². The number of ether oxygens (including phenoxy) is 1. The minimum Gasteiger partial charge on any atom is -0.495 e. The number of hydrogen-bond donors (Lipinski definition) is 0. The van der Waals surface area contributed by atoms with Crippen molar-refractivity contribution < 1.29 is 19.1 Å². The molecule has 3 aromatic carbocycles. The fourth-order valence-corrected chi connectivity index (χ4v) is 3.76. The average molecular weight is 435 g/mol. The number of imide groups is 1. The Morgan fingerprint density at radius 2 is 1.58 bits per heavy atom. The molecule has 0 fully saturated rings. The maximum Gasteiger partial charge on any atom is 0.263 e. The topological polar surface area (TPSA) is 66.9 Å². The third-order valence-corrected chi connectivity index (χ3v) is 5.47. The monoisotopic (exact) mass is 434 g/mol. The van der Waals surface area contributed by atoms with Crippen molar-refractivity contribution in [2.75, 3.05) is 18.7 Å². The summed E-state index contributed by atoms with van der Waals surface area (Å²) in [6.45, 7) is 1.62. The summed E-state index contributed by atoms with van der Waals surface area (Å²) in [6, 6.07) is 18.6. The summed E-state index contributed by atoms with van der Waals surface area (Å²) in [5.74, 6) is -0.923. The van der Waals surface area contributed by atoms with Gasteiger partial charge in [0.1, 0.15) is 12.4 Å². The van der Waals surface area contributed by atoms with E-state index in [9.17, 15) is 14.4 Å². The summed E-state index contributed by atoms with van der Waals surface area (Å²) in [4.78, 5) is 41.8. The molecule has 3 amide bonds. The maximum atomic E-state index is 13.5. The SMILES string of the molecule is COc1cc(C)ccc1N(CN1C(=O)c2ccccc2C1=O)C(=O)c1ccccc1Cl. The van der Waals surface area contributed by atoms with Gasteiger partial charge in [0.2, 0.25) is 0 Å². The number of carbonyl (C=O) groups excluding carboxylic acids is 3. The maximum absolute atomic E-state index is 13.5. The zero-order chi connectivity index (χ0) is 22.1. The lowest BCUT2D eigenvalue weighted by atomic mass is 10.1. The van der Waals surface area contributed by atoms with Crippen LogP contribution >= 0.6 is 11.6 Å². The smallest absolute Gasteiger partial charge is 0.263 e. The van der Waals surface area contributed by atoms with Crippen molar-refractivity contribution in [3.63, 3.8) is 0 Å². The molecule has 1 aliphatic heterocycles. The normalized spacial score (nSPS) is 12.7. The molecule has 0 aromatic heterocycles. The van der Waals surface area contributed by atoms with Crippen LogP contribution in [0.4, 0.5) is 5.69 Å². The molecule has 0 unspecified atom stereocenters. The summed E-state index contributed by atoms with van der Waals surface area (Å²) < 4.78 is 5.49. The van der Waals surface area contributed by atoms with E-state index in [1.807, 2.05) is 13.0 Å². The van der Waals surface area contributed by atoms with Crippen molar-refractivity contribution >= 4 is 35.0 Å². The first-order chi connectivity index (χ1) is 14.9. The molecule has 1 aliphatic rings. The van der Waals surface area contributed by atoms with Gasteiger partial charge in [-0.15, -0.1) is 0 Å². The number of hydrogen-bond acceptors (Lipinski definition) is 4. The highest BCUT2D eigenvalue weighted by atomic mass is 35.5. The van der Waals surface area contributed by atoms with Crippen LogP contribution in [0.5, 0.6) is 5.75 Å². The molecule has 0 atom stereocenters. The number of rotatable bonds is 5. The lowest BCUT2D eigenvalue weighted by Crippen LogP contribution is -2.44. The van der Waals surface area contributed by atoms with E-state index in [0.29, 0.717) is 22.6 Å². The largest absolute Gasteiger partial charge is 0.495 e. The van der Waals surface area contributed by atoms with E-state index in [1.54, 1.807) is 60.7 Å². The molecular formula is C24H19ClN2O4. The Balaban J connectivity index is 1.79. The van der Waals surface area contributed by atoms with Crippen molar-refractivity contribution in [2.24, 2.45) is 0 Å². The van der Waals surface area contributed by atoms with E-state index >= 15 is 0 Å². The van der Waals surface area contributed by atoms with Crippen LogP contribution in [0, 0.1) is 6.92 Å². The fourth-order valence-electron chi connectivity index (χ4n) is 3.55. The van der Waals surface area contributed by atoms with Gasteiger partial charge >= 0.3 is 0 Å². The first kappa shape index (κ1) is 20.6. The molecule has 0 saturated heterocycles. The number of carbonyl (C=O) groups is 3. The van der Waals surface area contributed by atoms with E-state index in [1.165, 1.54) is 12.0 Å². The first-order valence-electron chi connectivity index (χ1n) is 9.58. The molecule has 0 N–H and O–H groups in total. The van der Waals surface area contributed by atoms with E-state index < -0.39 is 17.7 Å². The van der Waals surface area contributed by atoms with Gasteiger partial charge in [-0.2, -0.15) is 0 Å². The van der Waals surface area contributed by atoms with Gasteiger partial charge in [-0.25, -0.2) is 0 Å². The second kappa shape index (κ2) is 8.24. The molecular weight excluding hydrogens is 416 g/mol. The lowest BCUT2D eigenvalue weighted by molar-refractivity contribution is 0.0650. The number of fused-ring (bicyclic) bond motifs is 1. The predicted octanol–water partition coefficient (Wildman–Crippen LogP) is 4.56.